The lowest BCUT2D eigenvalue weighted by Gasteiger charge is -2.05. The predicted octanol–water partition coefficient (Wildman–Crippen LogP) is 5.32. The van der Waals surface area contributed by atoms with Gasteiger partial charge in [0.1, 0.15) is 0 Å². The Morgan fingerprint density at radius 2 is 1.45 bits per heavy atom. The van der Waals surface area contributed by atoms with Gasteiger partial charge in [-0.15, -0.1) is 12.4 Å². The second-order valence-corrected chi connectivity index (χ2v) is 5.03. The minimum absolute atomic E-state index is 0. The van der Waals surface area contributed by atoms with Gasteiger partial charge in [-0.3, -0.25) is 4.98 Å². The number of halogens is 1. The number of fused-ring (bicyclic) bond motifs is 1. The molecule has 2 aromatic heterocycles. The van der Waals surface area contributed by atoms with Gasteiger partial charge in [0.05, 0.1) is 5.69 Å². The fourth-order valence-corrected chi connectivity index (χ4v) is 2.77. The van der Waals surface area contributed by atoms with Crippen molar-refractivity contribution in [2.45, 2.75) is 0 Å². The van der Waals surface area contributed by atoms with E-state index in [1.807, 2.05) is 18.3 Å². The molecule has 0 radical (unpaired) electrons. The van der Waals surface area contributed by atoms with Gasteiger partial charge in [-0.25, -0.2) is 0 Å². The van der Waals surface area contributed by atoms with Crippen LogP contribution in [0.4, 0.5) is 0 Å². The van der Waals surface area contributed by atoms with Crippen molar-refractivity contribution in [1.29, 1.82) is 0 Å². The third-order valence-electron chi connectivity index (χ3n) is 3.72. The van der Waals surface area contributed by atoms with Crippen LogP contribution in [-0.4, -0.2) is 9.97 Å². The van der Waals surface area contributed by atoms with Crippen LogP contribution in [0.25, 0.3) is 33.3 Å². The van der Waals surface area contributed by atoms with E-state index in [0.717, 1.165) is 16.8 Å². The Morgan fingerprint density at radius 3 is 2.23 bits per heavy atom. The Labute approximate surface area is 135 Å². The number of rotatable bonds is 2. The quantitative estimate of drug-likeness (QED) is 0.533. The van der Waals surface area contributed by atoms with E-state index < -0.39 is 0 Å². The van der Waals surface area contributed by atoms with Crippen LogP contribution in [0, 0.1) is 0 Å². The number of nitrogens with zero attached hydrogens (tertiary/aromatic N) is 1. The highest BCUT2D eigenvalue weighted by atomic mass is 35.5. The monoisotopic (exact) mass is 306 g/mol. The summed E-state index contributed by atoms with van der Waals surface area (Å²) in [4.78, 5) is 7.82. The zero-order valence-electron chi connectivity index (χ0n) is 11.9. The van der Waals surface area contributed by atoms with Crippen LogP contribution in [0.5, 0.6) is 0 Å². The van der Waals surface area contributed by atoms with E-state index in [2.05, 4.69) is 64.6 Å². The standard InChI is InChI=1S/C19H14N2.ClH/c1-2-7-14(8-3-1)19-18(15-9-6-12-20-13-15)16-10-4-5-11-17(16)21-19;/h1-13,21H;1H. The van der Waals surface area contributed by atoms with Crippen LogP contribution >= 0.6 is 12.4 Å². The third-order valence-corrected chi connectivity index (χ3v) is 3.72. The Hall–Kier alpha value is -2.58. The molecule has 2 heterocycles. The lowest BCUT2D eigenvalue weighted by Crippen LogP contribution is -1.83. The zero-order valence-corrected chi connectivity index (χ0v) is 12.7. The van der Waals surface area contributed by atoms with Crippen LogP contribution in [0.1, 0.15) is 0 Å². The van der Waals surface area contributed by atoms with Gasteiger partial charge in [0.15, 0.2) is 0 Å². The van der Waals surface area contributed by atoms with Gasteiger partial charge in [-0.2, -0.15) is 0 Å². The van der Waals surface area contributed by atoms with E-state index in [1.165, 1.54) is 16.5 Å². The first-order valence-corrected chi connectivity index (χ1v) is 7.00. The summed E-state index contributed by atoms with van der Waals surface area (Å²) in [5.74, 6) is 0. The molecule has 2 aromatic carbocycles. The largest absolute Gasteiger partial charge is 0.354 e. The minimum Gasteiger partial charge on any atom is -0.354 e. The number of aromatic amines is 1. The Kier molecular flexibility index (Phi) is 3.94. The summed E-state index contributed by atoms with van der Waals surface area (Å²) in [6, 6.07) is 22.9. The maximum Gasteiger partial charge on any atom is 0.0545 e. The summed E-state index contributed by atoms with van der Waals surface area (Å²) in [6.07, 6.45) is 3.72. The predicted molar refractivity (Wildman–Crippen MR) is 94.2 cm³/mol. The van der Waals surface area contributed by atoms with Crippen molar-refractivity contribution in [2.75, 3.05) is 0 Å². The van der Waals surface area contributed by atoms with Crippen molar-refractivity contribution in [3.63, 3.8) is 0 Å². The number of hydrogen-bond donors (Lipinski definition) is 1. The van der Waals surface area contributed by atoms with E-state index in [1.54, 1.807) is 6.20 Å². The number of para-hydroxylation sites is 1. The average molecular weight is 307 g/mol. The molecule has 108 valence electrons. The highest BCUT2D eigenvalue weighted by molar-refractivity contribution is 6.03. The number of nitrogens with one attached hydrogen (secondary N) is 1. The summed E-state index contributed by atoms with van der Waals surface area (Å²) in [5.41, 5.74) is 5.83. The topological polar surface area (TPSA) is 28.7 Å². The molecule has 3 heteroatoms. The Bertz CT molecular complexity index is 883. The van der Waals surface area contributed by atoms with Crippen molar-refractivity contribution < 1.29 is 0 Å². The fraction of sp³-hybridized carbons (Fsp3) is 0. The molecule has 0 fully saturated rings. The highest BCUT2D eigenvalue weighted by Gasteiger charge is 2.14. The summed E-state index contributed by atoms with van der Waals surface area (Å²) in [5, 5.41) is 1.23. The van der Waals surface area contributed by atoms with Crippen molar-refractivity contribution in [3.8, 4) is 22.4 Å². The number of aromatic nitrogens is 2. The molecule has 1 N–H and O–H groups in total. The number of pyridine rings is 1. The van der Waals surface area contributed by atoms with E-state index in [4.69, 9.17) is 0 Å². The summed E-state index contributed by atoms with van der Waals surface area (Å²) < 4.78 is 0. The number of benzene rings is 2. The Morgan fingerprint density at radius 1 is 0.727 bits per heavy atom. The summed E-state index contributed by atoms with van der Waals surface area (Å²) in [6.45, 7) is 0. The van der Waals surface area contributed by atoms with Crippen molar-refractivity contribution in [1.82, 2.24) is 9.97 Å². The van der Waals surface area contributed by atoms with Gasteiger partial charge < -0.3 is 4.98 Å². The highest BCUT2D eigenvalue weighted by Crippen LogP contribution is 2.37. The van der Waals surface area contributed by atoms with Gasteiger partial charge in [-0.1, -0.05) is 54.6 Å². The first kappa shape index (κ1) is 14.4. The first-order chi connectivity index (χ1) is 10.4. The van der Waals surface area contributed by atoms with Gasteiger partial charge in [0.25, 0.3) is 0 Å². The molecule has 0 amide bonds. The zero-order chi connectivity index (χ0) is 14.1. The molecule has 4 aromatic rings. The van der Waals surface area contributed by atoms with Gasteiger partial charge >= 0.3 is 0 Å². The smallest absolute Gasteiger partial charge is 0.0545 e. The van der Waals surface area contributed by atoms with Gasteiger partial charge in [0, 0.05) is 34.4 Å². The van der Waals surface area contributed by atoms with Crippen LogP contribution in [0.15, 0.2) is 79.1 Å². The molecule has 22 heavy (non-hydrogen) atoms. The van der Waals surface area contributed by atoms with Crippen molar-refractivity contribution in [2.24, 2.45) is 0 Å². The van der Waals surface area contributed by atoms with Crippen LogP contribution in [-0.2, 0) is 0 Å². The van der Waals surface area contributed by atoms with Crippen LogP contribution in [0.2, 0.25) is 0 Å². The van der Waals surface area contributed by atoms with Crippen LogP contribution < -0.4 is 0 Å². The average Bonchev–Trinajstić information content (AvgIpc) is 2.96. The molecule has 4 rings (SSSR count). The molecule has 0 aliphatic rings. The molecular weight excluding hydrogens is 292 g/mol. The molecule has 0 spiro atoms. The van der Waals surface area contributed by atoms with E-state index >= 15 is 0 Å². The maximum absolute atomic E-state index is 4.27. The van der Waals surface area contributed by atoms with Crippen molar-refractivity contribution in [3.05, 3.63) is 79.1 Å². The molecule has 0 saturated heterocycles. The SMILES string of the molecule is Cl.c1ccc(-c2[nH]c3ccccc3c2-c2cccnc2)cc1. The molecular formula is C19H15ClN2. The van der Waals surface area contributed by atoms with E-state index in [-0.39, 0.29) is 12.4 Å². The van der Waals surface area contributed by atoms with E-state index in [0.29, 0.717) is 0 Å². The Balaban J connectivity index is 0.00000144. The minimum atomic E-state index is 0. The summed E-state index contributed by atoms with van der Waals surface area (Å²) in [7, 11) is 0. The second-order valence-electron chi connectivity index (χ2n) is 5.03. The molecule has 0 aliphatic heterocycles. The third kappa shape index (κ3) is 2.38. The summed E-state index contributed by atoms with van der Waals surface area (Å²) >= 11 is 0. The molecule has 0 unspecified atom stereocenters. The molecule has 2 nitrogen and oxygen atoms in total. The van der Waals surface area contributed by atoms with E-state index in [9.17, 15) is 0 Å². The molecule has 0 aliphatic carbocycles. The lowest BCUT2D eigenvalue weighted by atomic mass is 10.00. The first-order valence-electron chi connectivity index (χ1n) is 7.00. The maximum atomic E-state index is 4.27. The lowest BCUT2D eigenvalue weighted by molar-refractivity contribution is 1.33. The van der Waals surface area contributed by atoms with Crippen LogP contribution in [0.3, 0.4) is 0 Å². The molecule has 0 bridgehead atoms. The normalized spacial score (nSPS) is 10.4. The number of H-pyrrole nitrogens is 1. The van der Waals surface area contributed by atoms with Gasteiger partial charge in [-0.05, 0) is 17.7 Å². The number of hydrogen-bond acceptors (Lipinski definition) is 1. The second kappa shape index (κ2) is 6.04. The van der Waals surface area contributed by atoms with Gasteiger partial charge in [0.2, 0.25) is 0 Å². The fourth-order valence-electron chi connectivity index (χ4n) is 2.77. The molecule has 0 saturated carbocycles. The molecule has 0 atom stereocenters. The van der Waals surface area contributed by atoms with Crippen molar-refractivity contribution >= 4 is 23.3 Å².